The lowest BCUT2D eigenvalue weighted by molar-refractivity contribution is 0.620. The van der Waals surface area contributed by atoms with Gasteiger partial charge in [0.15, 0.2) is 5.58 Å². The highest BCUT2D eigenvalue weighted by atomic mass is 16.3. The molecule has 54 heavy (non-hydrogen) atoms. The SMILES string of the molecule is c1ccc2c(c1)-c1ccccc1C21c2ccccc2-c2c1ccc1c(-c3ccc(-c4ccc(-c5nc6ccccc6o5)cc4)cc3)nc3ccccc3c21. The normalized spacial score (nSPS) is 13.3. The Hall–Kier alpha value is -7.10. The van der Waals surface area contributed by atoms with E-state index in [9.17, 15) is 0 Å². The molecular weight excluding hydrogens is 657 g/mol. The van der Waals surface area contributed by atoms with Gasteiger partial charge in [-0.1, -0.05) is 152 Å². The Bertz CT molecular complexity index is 3070. The minimum absolute atomic E-state index is 0.393. The first-order valence-electron chi connectivity index (χ1n) is 18.5. The van der Waals surface area contributed by atoms with E-state index in [4.69, 9.17) is 9.40 Å². The van der Waals surface area contributed by atoms with Crippen LogP contribution in [0, 0.1) is 0 Å². The number of aromatic nitrogens is 2. The van der Waals surface area contributed by atoms with Crippen LogP contribution >= 0.6 is 0 Å². The Labute approximate surface area is 311 Å². The molecule has 0 N–H and O–H groups in total. The van der Waals surface area contributed by atoms with Crippen molar-refractivity contribution in [1.29, 1.82) is 0 Å². The van der Waals surface area contributed by atoms with Crippen LogP contribution in [0.3, 0.4) is 0 Å². The number of pyridine rings is 1. The van der Waals surface area contributed by atoms with E-state index in [2.05, 4.69) is 163 Å². The van der Waals surface area contributed by atoms with E-state index < -0.39 is 5.41 Å². The monoisotopic (exact) mass is 686 g/mol. The van der Waals surface area contributed by atoms with E-state index in [0.717, 1.165) is 50.0 Å². The smallest absolute Gasteiger partial charge is 0.227 e. The molecule has 2 aliphatic carbocycles. The lowest BCUT2D eigenvalue weighted by Gasteiger charge is -2.30. The van der Waals surface area contributed by atoms with E-state index in [1.807, 2.05) is 24.3 Å². The van der Waals surface area contributed by atoms with Crippen molar-refractivity contribution in [3.8, 4) is 56.1 Å². The predicted molar refractivity (Wildman–Crippen MR) is 219 cm³/mol. The first-order chi connectivity index (χ1) is 26.8. The minimum atomic E-state index is -0.393. The number of para-hydroxylation sites is 3. The third-order valence-electron chi connectivity index (χ3n) is 11.7. The summed E-state index contributed by atoms with van der Waals surface area (Å²) in [4.78, 5) is 10.0. The highest BCUT2D eigenvalue weighted by molar-refractivity contribution is 6.20. The van der Waals surface area contributed by atoms with Crippen molar-refractivity contribution in [2.75, 3.05) is 0 Å². The van der Waals surface area contributed by atoms with Gasteiger partial charge in [0.25, 0.3) is 0 Å². The fourth-order valence-electron chi connectivity index (χ4n) is 9.47. The van der Waals surface area contributed by atoms with Gasteiger partial charge in [0.05, 0.1) is 16.6 Å². The molecule has 3 nitrogen and oxygen atoms in total. The number of nitrogens with zero attached hydrogens (tertiary/aromatic N) is 2. The zero-order chi connectivity index (χ0) is 35.4. The summed E-state index contributed by atoms with van der Waals surface area (Å²) in [6.07, 6.45) is 0. The van der Waals surface area contributed by atoms with Crippen LogP contribution < -0.4 is 0 Å². The van der Waals surface area contributed by atoms with Crippen molar-refractivity contribution in [1.82, 2.24) is 9.97 Å². The molecule has 2 aliphatic rings. The average Bonchev–Trinajstić information content (AvgIpc) is 3.91. The Balaban J connectivity index is 1.03. The Morgan fingerprint density at radius 3 is 1.59 bits per heavy atom. The van der Waals surface area contributed by atoms with Crippen molar-refractivity contribution >= 4 is 32.8 Å². The van der Waals surface area contributed by atoms with E-state index >= 15 is 0 Å². The van der Waals surface area contributed by atoms with Crippen molar-refractivity contribution in [2.24, 2.45) is 0 Å². The average molecular weight is 687 g/mol. The molecule has 3 heteroatoms. The van der Waals surface area contributed by atoms with Gasteiger partial charge in [-0.3, -0.25) is 0 Å². The van der Waals surface area contributed by atoms with Crippen molar-refractivity contribution in [2.45, 2.75) is 5.41 Å². The molecule has 0 bridgehead atoms. The molecule has 250 valence electrons. The highest BCUT2D eigenvalue weighted by Crippen LogP contribution is 2.64. The number of hydrogen-bond donors (Lipinski definition) is 0. The van der Waals surface area contributed by atoms with Crippen LogP contribution in [0.1, 0.15) is 22.3 Å². The van der Waals surface area contributed by atoms with Crippen molar-refractivity contribution in [3.63, 3.8) is 0 Å². The van der Waals surface area contributed by atoms with Gasteiger partial charge in [-0.15, -0.1) is 0 Å². The molecule has 10 aromatic rings. The summed E-state index contributed by atoms with van der Waals surface area (Å²) in [5.74, 6) is 0.633. The molecule has 0 unspecified atom stereocenters. The molecule has 0 atom stereocenters. The van der Waals surface area contributed by atoms with Gasteiger partial charge in [-0.05, 0) is 86.0 Å². The van der Waals surface area contributed by atoms with Crippen LogP contribution in [0.15, 0.2) is 186 Å². The summed E-state index contributed by atoms with van der Waals surface area (Å²) in [5, 5.41) is 3.60. The van der Waals surface area contributed by atoms with Crippen LogP contribution in [0.2, 0.25) is 0 Å². The maximum atomic E-state index is 6.02. The van der Waals surface area contributed by atoms with Crippen LogP contribution in [0.4, 0.5) is 0 Å². The summed E-state index contributed by atoms with van der Waals surface area (Å²) < 4.78 is 6.02. The van der Waals surface area contributed by atoms with Crippen molar-refractivity contribution in [3.05, 3.63) is 204 Å². The summed E-state index contributed by atoms with van der Waals surface area (Å²) in [6.45, 7) is 0. The van der Waals surface area contributed by atoms with Crippen LogP contribution in [0.25, 0.3) is 88.9 Å². The molecule has 0 saturated carbocycles. The number of hydrogen-bond acceptors (Lipinski definition) is 3. The second-order valence-electron chi connectivity index (χ2n) is 14.4. The lowest BCUT2D eigenvalue weighted by atomic mass is 9.70. The maximum absolute atomic E-state index is 6.02. The van der Waals surface area contributed by atoms with Gasteiger partial charge in [-0.25, -0.2) is 9.97 Å². The predicted octanol–water partition coefficient (Wildman–Crippen LogP) is 12.9. The molecular formula is C51H30N2O. The lowest BCUT2D eigenvalue weighted by Crippen LogP contribution is -2.25. The summed E-state index contributed by atoms with van der Waals surface area (Å²) in [7, 11) is 0. The van der Waals surface area contributed by atoms with Gasteiger partial charge in [0, 0.05) is 27.3 Å². The minimum Gasteiger partial charge on any atom is -0.436 e. The van der Waals surface area contributed by atoms with Crippen molar-refractivity contribution < 1.29 is 4.42 Å². The van der Waals surface area contributed by atoms with Gasteiger partial charge in [0.1, 0.15) is 5.52 Å². The third-order valence-corrected chi connectivity index (χ3v) is 11.7. The van der Waals surface area contributed by atoms with Gasteiger partial charge >= 0.3 is 0 Å². The quantitative estimate of drug-likeness (QED) is 0.174. The van der Waals surface area contributed by atoms with E-state index in [0.29, 0.717) is 5.89 Å². The summed E-state index contributed by atoms with van der Waals surface area (Å²) in [6, 6.07) is 65.6. The standard InChI is InChI=1S/C51H30N2O/c1-5-15-40-35(11-1)36-12-2-6-16-41(36)51(40)42-17-7-3-13-37(42)48-43(51)30-29-39-47(48)38-14-4-8-18-44(38)52-49(39)33-25-21-31(22-26-33)32-23-27-34(28-24-32)50-53-45-19-9-10-20-46(45)54-50/h1-30H. The first-order valence-corrected chi connectivity index (χ1v) is 18.5. The van der Waals surface area contributed by atoms with Crippen LogP contribution in [-0.2, 0) is 5.41 Å². The van der Waals surface area contributed by atoms with Gasteiger partial charge < -0.3 is 4.42 Å². The summed E-state index contributed by atoms with van der Waals surface area (Å²) >= 11 is 0. The molecule has 1 spiro atoms. The fourth-order valence-corrected chi connectivity index (χ4v) is 9.47. The Kier molecular flexibility index (Phi) is 5.98. The topological polar surface area (TPSA) is 38.9 Å². The van der Waals surface area contributed by atoms with Crippen LogP contribution in [-0.4, -0.2) is 9.97 Å². The molecule has 12 rings (SSSR count). The molecule has 0 radical (unpaired) electrons. The molecule has 8 aromatic carbocycles. The van der Waals surface area contributed by atoms with E-state index in [-0.39, 0.29) is 0 Å². The Morgan fingerprint density at radius 2 is 0.907 bits per heavy atom. The number of rotatable bonds is 3. The molecule has 2 heterocycles. The summed E-state index contributed by atoms with van der Waals surface area (Å²) in [5.41, 5.74) is 18.2. The van der Waals surface area contributed by atoms with Crippen LogP contribution in [0.5, 0.6) is 0 Å². The van der Waals surface area contributed by atoms with Gasteiger partial charge in [0.2, 0.25) is 5.89 Å². The number of oxazole rings is 1. The zero-order valence-corrected chi connectivity index (χ0v) is 29.1. The second-order valence-corrected chi connectivity index (χ2v) is 14.4. The highest BCUT2D eigenvalue weighted by Gasteiger charge is 2.52. The molecule has 0 fully saturated rings. The second kappa shape index (κ2) is 11.0. The fraction of sp³-hybridized carbons (Fsp3) is 0.0196. The molecule has 0 amide bonds. The molecule has 0 aliphatic heterocycles. The van der Waals surface area contributed by atoms with E-state index in [1.165, 1.54) is 55.3 Å². The number of fused-ring (bicyclic) bond motifs is 15. The number of benzene rings is 8. The first kappa shape index (κ1) is 29.5. The molecule has 0 saturated heterocycles. The zero-order valence-electron chi connectivity index (χ0n) is 29.1. The van der Waals surface area contributed by atoms with Gasteiger partial charge in [-0.2, -0.15) is 0 Å². The maximum Gasteiger partial charge on any atom is 0.227 e. The Morgan fingerprint density at radius 1 is 0.370 bits per heavy atom. The van der Waals surface area contributed by atoms with E-state index in [1.54, 1.807) is 0 Å². The largest absolute Gasteiger partial charge is 0.436 e. The molecule has 2 aromatic heterocycles. The third kappa shape index (κ3) is 3.90.